The van der Waals surface area contributed by atoms with Crippen molar-refractivity contribution in [2.45, 2.75) is 32.2 Å². The molecule has 1 saturated heterocycles. The summed E-state index contributed by atoms with van der Waals surface area (Å²) in [4.78, 5) is 24.6. The zero-order valence-electron chi connectivity index (χ0n) is 19.2. The number of piperidine rings is 1. The molecule has 0 saturated carbocycles. The van der Waals surface area contributed by atoms with Gasteiger partial charge in [0.2, 0.25) is 5.88 Å². The van der Waals surface area contributed by atoms with Crippen LogP contribution in [0.1, 0.15) is 45.9 Å². The zero-order chi connectivity index (χ0) is 23.3. The maximum absolute atomic E-state index is 13.6. The average molecular weight is 454 g/mol. The molecule has 1 aliphatic rings. The molecule has 7 nitrogen and oxygen atoms in total. The lowest BCUT2D eigenvalue weighted by Crippen LogP contribution is -2.39. The highest BCUT2D eigenvalue weighted by Gasteiger charge is 2.29. The highest BCUT2D eigenvalue weighted by molar-refractivity contribution is 5.95. The Morgan fingerprint density at radius 1 is 1.06 bits per heavy atom. The third-order valence-corrected chi connectivity index (χ3v) is 6.13. The van der Waals surface area contributed by atoms with Gasteiger partial charge in [-0.05, 0) is 55.2 Å². The van der Waals surface area contributed by atoms with E-state index in [2.05, 4.69) is 15.1 Å². The van der Waals surface area contributed by atoms with E-state index in [1.807, 2.05) is 77.3 Å². The summed E-state index contributed by atoms with van der Waals surface area (Å²) in [7, 11) is 0. The molecule has 3 heterocycles. The SMILES string of the molecule is Cc1cccc(Oc2nccnc2[C@@H]2CCCN(C(=O)c3ccccc3Cn3cccn3)C2)c1. The topological polar surface area (TPSA) is 73.1 Å². The minimum atomic E-state index is 0.0394. The van der Waals surface area contributed by atoms with Crippen molar-refractivity contribution in [1.82, 2.24) is 24.6 Å². The van der Waals surface area contributed by atoms with Gasteiger partial charge in [-0.2, -0.15) is 5.10 Å². The van der Waals surface area contributed by atoms with Crippen LogP contribution in [0, 0.1) is 6.92 Å². The first-order valence-corrected chi connectivity index (χ1v) is 11.6. The van der Waals surface area contributed by atoms with Gasteiger partial charge < -0.3 is 9.64 Å². The van der Waals surface area contributed by atoms with E-state index in [1.165, 1.54) is 0 Å². The van der Waals surface area contributed by atoms with E-state index >= 15 is 0 Å². The van der Waals surface area contributed by atoms with Gasteiger partial charge in [-0.3, -0.25) is 14.5 Å². The number of aryl methyl sites for hydroxylation is 1. The Balaban J connectivity index is 1.36. The smallest absolute Gasteiger partial charge is 0.254 e. The molecule has 0 unspecified atom stereocenters. The number of hydrogen-bond donors (Lipinski definition) is 0. The lowest BCUT2D eigenvalue weighted by molar-refractivity contribution is 0.0703. The molecular weight excluding hydrogens is 426 g/mol. The molecule has 0 spiro atoms. The van der Waals surface area contributed by atoms with Crippen molar-refractivity contribution < 1.29 is 9.53 Å². The number of aromatic nitrogens is 4. The van der Waals surface area contributed by atoms with Crippen LogP contribution in [-0.2, 0) is 6.54 Å². The predicted octanol–water partition coefficient (Wildman–Crippen LogP) is 4.84. The highest BCUT2D eigenvalue weighted by atomic mass is 16.5. The maximum Gasteiger partial charge on any atom is 0.254 e. The second-order valence-electron chi connectivity index (χ2n) is 8.62. The van der Waals surface area contributed by atoms with Crippen molar-refractivity contribution in [2.24, 2.45) is 0 Å². The van der Waals surface area contributed by atoms with E-state index < -0.39 is 0 Å². The first kappa shape index (κ1) is 21.8. The van der Waals surface area contributed by atoms with Crippen LogP contribution >= 0.6 is 0 Å². The van der Waals surface area contributed by atoms with E-state index in [-0.39, 0.29) is 11.8 Å². The second kappa shape index (κ2) is 9.87. The van der Waals surface area contributed by atoms with Gasteiger partial charge in [0.25, 0.3) is 5.91 Å². The minimum absolute atomic E-state index is 0.0394. The fourth-order valence-electron chi connectivity index (χ4n) is 4.48. The molecule has 0 bridgehead atoms. The van der Waals surface area contributed by atoms with E-state index in [0.29, 0.717) is 24.5 Å². The van der Waals surface area contributed by atoms with Gasteiger partial charge in [0, 0.05) is 49.4 Å². The summed E-state index contributed by atoms with van der Waals surface area (Å²) in [5.74, 6) is 1.34. The lowest BCUT2D eigenvalue weighted by Gasteiger charge is -2.33. The summed E-state index contributed by atoms with van der Waals surface area (Å²) < 4.78 is 7.95. The number of carbonyl (C=O) groups is 1. The number of likely N-dealkylation sites (tertiary alicyclic amines) is 1. The van der Waals surface area contributed by atoms with Crippen LogP contribution in [0.2, 0.25) is 0 Å². The number of rotatable bonds is 6. The van der Waals surface area contributed by atoms with Crippen molar-refractivity contribution in [3.8, 4) is 11.6 Å². The van der Waals surface area contributed by atoms with Crippen LogP contribution in [0.15, 0.2) is 79.4 Å². The predicted molar refractivity (Wildman–Crippen MR) is 129 cm³/mol. The molecule has 0 aliphatic carbocycles. The van der Waals surface area contributed by atoms with Crippen LogP contribution < -0.4 is 4.74 Å². The minimum Gasteiger partial charge on any atom is -0.437 e. The third-order valence-electron chi connectivity index (χ3n) is 6.13. The van der Waals surface area contributed by atoms with Gasteiger partial charge in [0.15, 0.2) is 0 Å². The van der Waals surface area contributed by atoms with Crippen molar-refractivity contribution in [2.75, 3.05) is 13.1 Å². The van der Waals surface area contributed by atoms with Crippen molar-refractivity contribution in [3.63, 3.8) is 0 Å². The highest BCUT2D eigenvalue weighted by Crippen LogP contribution is 2.33. The van der Waals surface area contributed by atoms with Crippen LogP contribution in [0.5, 0.6) is 11.6 Å². The van der Waals surface area contributed by atoms with Gasteiger partial charge >= 0.3 is 0 Å². The summed E-state index contributed by atoms with van der Waals surface area (Å²) in [6, 6.07) is 17.5. The molecular formula is C27H27N5O2. The molecule has 4 aromatic rings. The van der Waals surface area contributed by atoms with Crippen LogP contribution in [-0.4, -0.2) is 43.6 Å². The Bertz CT molecular complexity index is 1270. The van der Waals surface area contributed by atoms with Gasteiger partial charge in [-0.25, -0.2) is 4.98 Å². The number of ether oxygens (including phenoxy) is 1. The van der Waals surface area contributed by atoms with Gasteiger partial charge in [0.1, 0.15) is 11.4 Å². The van der Waals surface area contributed by atoms with E-state index in [1.54, 1.807) is 18.6 Å². The molecule has 5 rings (SSSR count). The summed E-state index contributed by atoms with van der Waals surface area (Å²) in [5, 5.41) is 4.29. The average Bonchev–Trinajstić information content (AvgIpc) is 3.38. The quantitative estimate of drug-likeness (QED) is 0.418. The Labute approximate surface area is 199 Å². The van der Waals surface area contributed by atoms with E-state index in [0.717, 1.165) is 42.0 Å². The number of benzene rings is 2. The van der Waals surface area contributed by atoms with Crippen LogP contribution in [0.25, 0.3) is 0 Å². The molecule has 7 heteroatoms. The van der Waals surface area contributed by atoms with E-state index in [9.17, 15) is 4.79 Å². The number of amides is 1. The number of carbonyl (C=O) groups excluding carboxylic acids is 1. The third kappa shape index (κ3) is 4.83. The maximum atomic E-state index is 13.6. The molecule has 2 aromatic carbocycles. The van der Waals surface area contributed by atoms with Gasteiger partial charge in [-0.1, -0.05) is 30.3 Å². The zero-order valence-corrected chi connectivity index (χ0v) is 19.2. The van der Waals surface area contributed by atoms with Crippen LogP contribution in [0.3, 0.4) is 0 Å². The van der Waals surface area contributed by atoms with Crippen molar-refractivity contribution in [3.05, 3.63) is 102 Å². The monoisotopic (exact) mass is 453 g/mol. The Morgan fingerprint density at radius 2 is 1.94 bits per heavy atom. The van der Waals surface area contributed by atoms with Crippen molar-refractivity contribution >= 4 is 5.91 Å². The molecule has 0 N–H and O–H groups in total. The fourth-order valence-corrected chi connectivity index (χ4v) is 4.48. The molecule has 1 fully saturated rings. The fraction of sp³-hybridized carbons (Fsp3) is 0.259. The molecule has 172 valence electrons. The molecule has 1 aliphatic heterocycles. The first-order valence-electron chi connectivity index (χ1n) is 11.6. The van der Waals surface area contributed by atoms with Gasteiger partial charge in [-0.15, -0.1) is 0 Å². The summed E-state index contributed by atoms with van der Waals surface area (Å²) in [5.41, 5.74) is 3.59. The summed E-state index contributed by atoms with van der Waals surface area (Å²) in [6.45, 7) is 3.89. The van der Waals surface area contributed by atoms with Crippen LogP contribution in [0.4, 0.5) is 0 Å². The molecule has 1 atom stereocenters. The Kier molecular flexibility index (Phi) is 6.33. The Hall–Kier alpha value is -4.00. The first-order chi connectivity index (χ1) is 16.7. The standard InChI is InChI=1S/C27H27N5O2/c1-20-7-4-10-23(17-20)34-26-25(28-13-14-29-26)22-9-5-15-31(18-22)27(33)24-11-3-2-8-21(24)19-32-16-6-12-30-32/h2-4,6-8,10-14,16-17,22H,5,9,15,18-19H2,1H3/t22-/m1/s1. The second-order valence-corrected chi connectivity index (χ2v) is 8.62. The lowest BCUT2D eigenvalue weighted by atomic mass is 9.93. The molecule has 2 aromatic heterocycles. The largest absolute Gasteiger partial charge is 0.437 e. The normalized spacial score (nSPS) is 15.8. The van der Waals surface area contributed by atoms with E-state index in [4.69, 9.17) is 4.74 Å². The molecule has 1 amide bonds. The van der Waals surface area contributed by atoms with Crippen molar-refractivity contribution in [1.29, 1.82) is 0 Å². The molecule has 0 radical (unpaired) electrons. The summed E-state index contributed by atoms with van der Waals surface area (Å²) >= 11 is 0. The van der Waals surface area contributed by atoms with Gasteiger partial charge in [0.05, 0.1) is 6.54 Å². The summed E-state index contributed by atoms with van der Waals surface area (Å²) in [6.07, 6.45) is 8.82. The number of nitrogens with zero attached hydrogens (tertiary/aromatic N) is 5. The molecule has 34 heavy (non-hydrogen) atoms. The number of hydrogen-bond acceptors (Lipinski definition) is 5. The Morgan fingerprint density at radius 3 is 2.79 bits per heavy atom.